The molecule has 12 nitrogen and oxygen atoms in total. The highest BCUT2D eigenvalue weighted by Gasteiger charge is 2.22. The molecule has 0 radical (unpaired) electrons. The van der Waals surface area contributed by atoms with E-state index in [1.807, 2.05) is 0 Å². The van der Waals surface area contributed by atoms with Crippen LogP contribution in [0.5, 0.6) is 0 Å². The topological polar surface area (TPSA) is 220 Å². The molecule has 142 valence electrons. The molecule has 0 bridgehead atoms. The van der Waals surface area contributed by atoms with Crippen molar-refractivity contribution in [3.05, 3.63) is 34.2 Å². The van der Waals surface area contributed by atoms with Gasteiger partial charge >= 0.3 is 0 Å². The van der Waals surface area contributed by atoms with E-state index in [0.717, 1.165) is 6.21 Å². The lowest BCUT2D eigenvalue weighted by atomic mass is 10.1. The molecule has 0 spiro atoms. The summed E-state index contributed by atoms with van der Waals surface area (Å²) in [5.41, 5.74) is -0.388. The quantitative estimate of drug-likeness (QED) is 0.362. The number of rotatable bonds is 2. The summed E-state index contributed by atoms with van der Waals surface area (Å²) in [5, 5.41) is 53.0. The van der Waals surface area contributed by atoms with Crippen LogP contribution in [0.4, 0.5) is 0 Å². The Morgan fingerprint density at radius 2 is 0.968 bits per heavy atom. The van der Waals surface area contributed by atoms with Crippen LogP contribution in [0, 0.1) is 56.1 Å². The highest BCUT2D eigenvalue weighted by molar-refractivity contribution is 6.19. The van der Waals surface area contributed by atoms with Gasteiger partial charge in [0.15, 0.2) is 22.8 Å². The van der Waals surface area contributed by atoms with E-state index >= 15 is 0 Å². The zero-order valence-corrected chi connectivity index (χ0v) is 15.5. The molecule has 0 saturated heterocycles. The van der Waals surface area contributed by atoms with Gasteiger partial charge in [-0.15, -0.1) is 0 Å². The Balaban J connectivity index is 2.41. The number of hydrogen-bond donors (Lipinski definition) is 2. The molecule has 4 rings (SSSR count). The van der Waals surface area contributed by atoms with Gasteiger partial charge in [-0.25, -0.2) is 29.9 Å². The second-order valence-corrected chi connectivity index (χ2v) is 6.11. The number of nitrogens with zero attached hydrogens (tertiary/aromatic N) is 10. The average molecular weight is 402 g/mol. The maximum atomic E-state index is 9.36. The van der Waals surface area contributed by atoms with E-state index < -0.39 is 0 Å². The number of benzene rings is 1. The van der Waals surface area contributed by atoms with E-state index in [-0.39, 0.29) is 73.0 Å². The van der Waals surface area contributed by atoms with Crippen LogP contribution < -0.4 is 0 Å². The van der Waals surface area contributed by atoms with Crippen molar-refractivity contribution in [2.75, 3.05) is 0 Å². The van der Waals surface area contributed by atoms with Gasteiger partial charge in [0.1, 0.15) is 68.8 Å². The smallest absolute Gasteiger partial charge is 0.177 e. The third kappa shape index (κ3) is 2.65. The van der Waals surface area contributed by atoms with Crippen LogP contribution in [0.15, 0.2) is 0 Å². The van der Waals surface area contributed by atoms with Crippen molar-refractivity contribution in [2.45, 2.75) is 6.92 Å². The Morgan fingerprint density at radius 3 is 1.26 bits per heavy atom. The van der Waals surface area contributed by atoms with Gasteiger partial charge in [-0.3, -0.25) is 0 Å². The highest BCUT2D eigenvalue weighted by atomic mass is 14.9. The van der Waals surface area contributed by atoms with Gasteiger partial charge in [-0.1, -0.05) is 0 Å². The predicted octanol–water partition coefficient (Wildman–Crippen LogP) is 1.39. The van der Waals surface area contributed by atoms with Crippen molar-refractivity contribution in [1.29, 1.82) is 31.9 Å². The van der Waals surface area contributed by atoms with E-state index in [0.29, 0.717) is 0 Å². The fourth-order valence-electron chi connectivity index (χ4n) is 3.00. The molecule has 1 aromatic carbocycles. The molecule has 0 aliphatic carbocycles. The number of hydrogen-bond acceptors (Lipinski definition) is 12. The van der Waals surface area contributed by atoms with Crippen molar-refractivity contribution in [3.8, 4) is 24.3 Å². The third-order valence-corrected chi connectivity index (χ3v) is 4.30. The van der Waals surface area contributed by atoms with Crippen molar-refractivity contribution < 1.29 is 0 Å². The molecule has 3 aromatic heterocycles. The van der Waals surface area contributed by atoms with Gasteiger partial charge in [0.2, 0.25) is 0 Å². The summed E-state index contributed by atoms with van der Waals surface area (Å²) in [6, 6.07) is 7.17. The summed E-state index contributed by atoms with van der Waals surface area (Å²) in [6.45, 7) is 1.47. The minimum atomic E-state index is -0.257. The Hall–Kier alpha value is -5.46. The fourth-order valence-corrected chi connectivity index (χ4v) is 3.00. The van der Waals surface area contributed by atoms with Crippen LogP contribution >= 0.6 is 0 Å². The molecule has 4 aromatic rings. The number of nitriles is 4. The summed E-state index contributed by atoms with van der Waals surface area (Å²) in [6.07, 6.45) is 0.920. The van der Waals surface area contributed by atoms with Crippen molar-refractivity contribution >= 4 is 45.0 Å². The zero-order valence-electron chi connectivity index (χ0n) is 15.5. The maximum Gasteiger partial charge on any atom is 0.177 e. The van der Waals surface area contributed by atoms with Gasteiger partial charge in [0.05, 0.1) is 5.71 Å². The Kier molecular flexibility index (Phi) is 4.18. The third-order valence-electron chi connectivity index (χ3n) is 4.30. The summed E-state index contributed by atoms with van der Waals surface area (Å²) in [7, 11) is 0. The summed E-state index contributed by atoms with van der Waals surface area (Å²) in [4.78, 5) is 25.5. The molecule has 0 aliphatic heterocycles. The van der Waals surface area contributed by atoms with Crippen LogP contribution in [0.3, 0.4) is 0 Å². The van der Waals surface area contributed by atoms with Gasteiger partial charge in [0, 0.05) is 6.21 Å². The molecule has 0 saturated carbocycles. The van der Waals surface area contributed by atoms with Gasteiger partial charge in [0.25, 0.3) is 0 Å². The molecule has 0 amide bonds. The summed E-state index contributed by atoms with van der Waals surface area (Å²) >= 11 is 0. The fraction of sp³-hybridized carbons (Fsp3) is 0.0526. The lowest BCUT2D eigenvalue weighted by Gasteiger charge is -2.11. The van der Waals surface area contributed by atoms with E-state index in [9.17, 15) is 21.0 Å². The van der Waals surface area contributed by atoms with Crippen molar-refractivity contribution in [2.24, 2.45) is 0 Å². The number of aromatic nitrogens is 6. The molecular formula is C19H6N12. The van der Waals surface area contributed by atoms with Crippen LogP contribution in [0.2, 0.25) is 0 Å². The summed E-state index contributed by atoms with van der Waals surface area (Å²) in [5.74, 6) is 0. The molecule has 31 heavy (non-hydrogen) atoms. The van der Waals surface area contributed by atoms with Crippen LogP contribution in [-0.4, -0.2) is 41.8 Å². The van der Waals surface area contributed by atoms with E-state index in [4.69, 9.17) is 10.8 Å². The van der Waals surface area contributed by atoms with E-state index in [2.05, 4.69) is 29.9 Å². The number of fused-ring (bicyclic) bond motifs is 6. The first-order valence-corrected chi connectivity index (χ1v) is 8.41. The Morgan fingerprint density at radius 1 is 0.645 bits per heavy atom. The van der Waals surface area contributed by atoms with E-state index in [1.165, 1.54) is 6.92 Å². The Labute approximate surface area is 172 Å². The van der Waals surface area contributed by atoms with Crippen molar-refractivity contribution in [3.63, 3.8) is 0 Å². The van der Waals surface area contributed by atoms with Crippen LogP contribution in [0.25, 0.3) is 33.1 Å². The maximum absolute atomic E-state index is 9.36. The molecule has 0 atom stereocenters. The molecule has 0 aliphatic rings. The first-order valence-electron chi connectivity index (χ1n) is 8.41. The van der Waals surface area contributed by atoms with Crippen LogP contribution in [0.1, 0.15) is 41.1 Å². The normalized spacial score (nSPS) is 10.2. The van der Waals surface area contributed by atoms with Crippen LogP contribution in [-0.2, 0) is 0 Å². The molecule has 0 fully saturated rings. The molecular weight excluding hydrogens is 396 g/mol. The predicted molar refractivity (Wildman–Crippen MR) is 105 cm³/mol. The van der Waals surface area contributed by atoms with Crippen molar-refractivity contribution in [1.82, 2.24) is 29.9 Å². The Bertz CT molecular complexity index is 1670. The molecule has 2 N–H and O–H groups in total. The first kappa shape index (κ1) is 18.9. The second-order valence-electron chi connectivity index (χ2n) is 6.11. The average Bonchev–Trinajstić information content (AvgIpc) is 2.81. The lowest BCUT2D eigenvalue weighted by Crippen LogP contribution is -2.09. The lowest BCUT2D eigenvalue weighted by molar-refractivity contribution is 1.16. The summed E-state index contributed by atoms with van der Waals surface area (Å²) < 4.78 is 0. The monoisotopic (exact) mass is 402 g/mol. The van der Waals surface area contributed by atoms with Gasteiger partial charge in [-0.2, -0.15) is 21.0 Å². The van der Waals surface area contributed by atoms with E-state index in [1.54, 1.807) is 24.3 Å². The molecule has 12 heteroatoms. The largest absolute Gasteiger partial charge is 0.306 e. The number of nitrogens with one attached hydrogen (secondary N) is 2. The standard InChI is InChI=1S/C19H6N12/c1-7(25)13-12(6-24)30-18-16-14(26-8(2-20)9(3-21)28-16)15-17(19(18)31-13)29-11(5-23)10(4-22)27-15/h6,24-25H,1H3. The van der Waals surface area contributed by atoms with Gasteiger partial charge < -0.3 is 10.8 Å². The minimum Gasteiger partial charge on any atom is -0.306 e. The minimum absolute atomic E-state index is 0.0342. The highest BCUT2D eigenvalue weighted by Crippen LogP contribution is 2.31. The first-order chi connectivity index (χ1) is 15.0. The molecule has 0 unspecified atom stereocenters. The van der Waals surface area contributed by atoms with Gasteiger partial charge in [-0.05, 0) is 6.92 Å². The zero-order chi connectivity index (χ0) is 22.3. The molecule has 3 heterocycles. The second kappa shape index (κ2) is 6.85. The SMILES string of the molecule is CC(=N)c1nc2c3nc(C#N)c(C#N)nc3c3nc(C#N)c(C#N)nc3c2nc1C=N.